The number of aromatic nitrogens is 1. The number of pyridine rings is 1. The summed E-state index contributed by atoms with van der Waals surface area (Å²) in [7, 11) is 1.78. The van der Waals surface area contributed by atoms with E-state index >= 15 is 0 Å². The first-order chi connectivity index (χ1) is 7.62. The largest absolute Gasteiger partial charge is 0.338 e. The summed E-state index contributed by atoms with van der Waals surface area (Å²) in [5, 5.41) is 0. The Morgan fingerprint density at radius 3 is 2.81 bits per heavy atom. The van der Waals surface area contributed by atoms with Crippen LogP contribution in [0.3, 0.4) is 0 Å². The highest BCUT2D eigenvalue weighted by Crippen LogP contribution is 2.30. The third kappa shape index (κ3) is 2.07. The molecule has 0 aliphatic heterocycles. The lowest BCUT2D eigenvalue weighted by molar-refractivity contribution is -0.139. The molecule has 1 aliphatic rings. The summed E-state index contributed by atoms with van der Waals surface area (Å²) >= 11 is 0. The molecule has 1 aromatic heterocycles. The third-order valence-electron chi connectivity index (χ3n) is 3.14. The molecule has 4 heteroatoms. The summed E-state index contributed by atoms with van der Waals surface area (Å²) in [6.45, 7) is 0.526. The number of nitrogens with zero attached hydrogens (tertiary/aromatic N) is 2. The normalized spacial score (nSPS) is 17.6. The maximum absolute atomic E-state index is 12.0. The van der Waals surface area contributed by atoms with Crippen LogP contribution in [-0.4, -0.2) is 28.4 Å². The Kier molecular flexibility index (Phi) is 2.92. The van der Waals surface area contributed by atoms with E-state index in [0.29, 0.717) is 6.54 Å². The highest BCUT2D eigenvalue weighted by Gasteiger charge is 2.41. The molecule has 0 unspecified atom stereocenters. The van der Waals surface area contributed by atoms with Gasteiger partial charge in [-0.2, -0.15) is 0 Å². The molecule has 1 fully saturated rings. The number of amides is 1. The van der Waals surface area contributed by atoms with Crippen LogP contribution in [0.4, 0.5) is 0 Å². The quantitative estimate of drug-likeness (QED) is 0.822. The highest BCUT2D eigenvalue weighted by molar-refractivity contribution is 5.86. The maximum atomic E-state index is 12.0. The molecule has 0 aromatic carbocycles. The van der Waals surface area contributed by atoms with E-state index in [0.717, 1.165) is 25.0 Å². The first-order valence-electron chi connectivity index (χ1n) is 5.56. The molecule has 1 heterocycles. The number of rotatable bonds is 3. The van der Waals surface area contributed by atoms with Crippen molar-refractivity contribution >= 4 is 5.91 Å². The number of likely N-dealkylation sites (N-methyl/N-ethyl adjacent to an activating group) is 1. The van der Waals surface area contributed by atoms with Crippen molar-refractivity contribution in [3.63, 3.8) is 0 Å². The van der Waals surface area contributed by atoms with E-state index in [1.807, 2.05) is 18.2 Å². The van der Waals surface area contributed by atoms with Crippen molar-refractivity contribution in [3.05, 3.63) is 30.1 Å². The SMILES string of the molecule is CN(Cc1ccccn1)C(=O)C1(N)CCC1. The van der Waals surface area contributed by atoms with Crippen LogP contribution >= 0.6 is 0 Å². The van der Waals surface area contributed by atoms with Crippen molar-refractivity contribution in [3.8, 4) is 0 Å². The van der Waals surface area contributed by atoms with Gasteiger partial charge in [-0.1, -0.05) is 6.07 Å². The lowest BCUT2D eigenvalue weighted by Crippen LogP contribution is -2.58. The molecule has 16 heavy (non-hydrogen) atoms. The fraction of sp³-hybridized carbons (Fsp3) is 0.500. The molecule has 1 aliphatic carbocycles. The molecular weight excluding hydrogens is 202 g/mol. The van der Waals surface area contributed by atoms with E-state index in [9.17, 15) is 4.79 Å². The Bertz CT molecular complexity index is 373. The number of hydrogen-bond donors (Lipinski definition) is 1. The molecule has 0 bridgehead atoms. The summed E-state index contributed by atoms with van der Waals surface area (Å²) < 4.78 is 0. The molecule has 0 radical (unpaired) electrons. The molecule has 2 rings (SSSR count). The standard InChI is InChI=1S/C12H17N3O/c1-15(9-10-5-2-3-8-14-10)11(16)12(13)6-4-7-12/h2-3,5,8H,4,6-7,9,13H2,1H3. The van der Waals surface area contributed by atoms with Gasteiger partial charge in [-0.25, -0.2) is 0 Å². The Hall–Kier alpha value is -1.42. The monoisotopic (exact) mass is 219 g/mol. The fourth-order valence-corrected chi connectivity index (χ4v) is 1.96. The topological polar surface area (TPSA) is 59.2 Å². The van der Waals surface area contributed by atoms with Gasteiger partial charge in [0.05, 0.1) is 17.8 Å². The Morgan fingerprint density at radius 2 is 2.31 bits per heavy atom. The predicted molar refractivity (Wildman–Crippen MR) is 61.5 cm³/mol. The van der Waals surface area contributed by atoms with Gasteiger partial charge in [0.1, 0.15) is 0 Å². The molecular formula is C12H17N3O. The molecule has 1 aromatic rings. The molecule has 0 spiro atoms. The first kappa shape index (κ1) is 11.1. The second kappa shape index (κ2) is 4.22. The Labute approximate surface area is 95.5 Å². The van der Waals surface area contributed by atoms with Crippen LogP contribution in [0, 0.1) is 0 Å². The zero-order valence-electron chi connectivity index (χ0n) is 9.52. The minimum Gasteiger partial charge on any atom is -0.338 e. The second-order valence-corrected chi connectivity index (χ2v) is 4.49. The van der Waals surface area contributed by atoms with Gasteiger partial charge in [0.25, 0.3) is 0 Å². The van der Waals surface area contributed by atoms with Crippen molar-refractivity contribution in [1.82, 2.24) is 9.88 Å². The van der Waals surface area contributed by atoms with Gasteiger partial charge in [0, 0.05) is 13.2 Å². The third-order valence-corrected chi connectivity index (χ3v) is 3.14. The number of carbonyl (C=O) groups is 1. The van der Waals surface area contributed by atoms with Gasteiger partial charge in [-0.15, -0.1) is 0 Å². The Morgan fingerprint density at radius 1 is 1.56 bits per heavy atom. The number of hydrogen-bond acceptors (Lipinski definition) is 3. The van der Waals surface area contributed by atoms with E-state index < -0.39 is 5.54 Å². The van der Waals surface area contributed by atoms with Crippen molar-refractivity contribution in [1.29, 1.82) is 0 Å². The molecule has 0 saturated heterocycles. The van der Waals surface area contributed by atoms with E-state index in [4.69, 9.17) is 5.73 Å². The summed E-state index contributed by atoms with van der Waals surface area (Å²) in [5.74, 6) is 0.0319. The number of nitrogens with two attached hydrogens (primary N) is 1. The molecule has 86 valence electrons. The lowest BCUT2D eigenvalue weighted by atomic mass is 9.76. The summed E-state index contributed by atoms with van der Waals surface area (Å²) in [6.07, 6.45) is 4.39. The first-order valence-corrected chi connectivity index (χ1v) is 5.56. The smallest absolute Gasteiger partial charge is 0.242 e. The van der Waals surface area contributed by atoms with Crippen molar-refractivity contribution in [2.45, 2.75) is 31.3 Å². The van der Waals surface area contributed by atoms with Crippen LogP contribution in [0.25, 0.3) is 0 Å². The molecule has 1 saturated carbocycles. The van der Waals surface area contributed by atoms with Crippen molar-refractivity contribution < 1.29 is 4.79 Å². The molecule has 0 atom stereocenters. The van der Waals surface area contributed by atoms with Gasteiger partial charge >= 0.3 is 0 Å². The minimum atomic E-state index is -0.608. The Balaban J connectivity index is 1.98. The average molecular weight is 219 g/mol. The second-order valence-electron chi connectivity index (χ2n) is 4.49. The van der Waals surface area contributed by atoms with E-state index in [1.54, 1.807) is 18.1 Å². The van der Waals surface area contributed by atoms with Crippen LogP contribution in [-0.2, 0) is 11.3 Å². The van der Waals surface area contributed by atoms with E-state index in [2.05, 4.69) is 4.98 Å². The lowest BCUT2D eigenvalue weighted by Gasteiger charge is -2.39. The van der Waals surface area contributed by atoms with E-state index in [-0.39, 0.29) is 5.91 Å². The molecule has 2 N–H and O–H groups in total. The van der Waals surface area contributed by atoms with Crippen LogP contribution in [0.5, 0.6) is 0 Å². The zero-order valence-corrected chi connectivity index (χ0v) is 9.52. The van der Waals surface area contributed by atoms with Crippen molar-refractivity contribution in [2.24, 2.45) is 5.73 Å². The van der Waals surface area contributed by atoms with Gasteiger partial charge in [-0.05, 0) is 31.4 Å². The summed E-state index contributed by atoms with van der Waals surface area (Å²) in [5.41, 5.74) is 6.27. The van der Waals surface area contributed by atoms with Crippen LogP contribution in [0.2, 0.25) is 0 Å². The van der Waals surface area contributed by atoms with Crippen LogP contribution in [0.1, 0.15) is 25.0 Å². The average Bonchev–Trinajstić information content (AvgIpc) is 2.26. The fourth-order valence-electron chi connectivity index (χ4n) is 1.96. The highest BCUT2D eigenvalue weighted by atomic mass is 16.2. The van der Waals surface area contributed by atoms with Gasteiger partial charge in [-0.3, -0.25) is 9.78 Å². The number of carbonyl (C=O) groups excluding carboxylic acids is 1. The summed E-state index contributed by atoms with van der Waals surface area (Å²) in [6, 6.07) is 5.69. The molecule has 4 nitrogen and oxygen atoms in total. The summed E-state index contributed by atoms with van der Waals surface area (Å²) in [4.78, 5) is 17.9. The van der Waals surface area contributed by atoms with Gasteiger partial charge < -0.3 is 10.6 Å². The van der Waals surface area contributed by atoms with Crippen molar-refractivity contribution in [2.75, 3.05) is 7.05 Å². The van der Waals surface area contributed by atoms with Crippen LogP contribution in [0.15, 0.2) is 24.4 Å². The predicted octanol–water partition coefficient (Wildman–Crippen LogP) is 0.921. The zero-order chi connectivity index (χ0) is 11.6. The maximum Gasteiger partial charge on any atom is 0.242 e. The van der Waals surface area contributed by atoms with Gasteiger partial charge in [0.15, 0.2) is 0 Å². The minimum absolute atomic E-state index is 0.0319. The molecule has 1 amide bonds. The van der Waals surface area contributed by atoms with E-state index in [1.165, 1.54) is 0 Å². The van der Waals surface area contributed by atoms with Gasteiger partial charge in [0.2, 0.25) is 5.91 Å². The van der Waals surface area contributed by atoms with Crippen LogP contribution < -0.4 is 5.73 Å².